The Morgan fingerprint density at radius 3 is 2.37 bits per heavy atom. The Bertz CT molecular complexity index is 723. The molecule has 6 N–H and O–H groups in total. The molecule has 0 aliphatic carbocycles. The minimum Gasteiger partial charge on any atom is -0.391 e. The van der Waals surface area contributed by atoms with Gasteiger partial charge in [-0.15, -0.1) is 0 Å². The third-order valence-corrected chi connectivity index (χ3v) is 5.53. The highest BCUT2D eigenvalue weighted by Gasteiger charge is 2.37. The number of hydrogen-bond donors (Lipinski definition) is 5. The summed E-state index contributed by atoms with van der Waals surface area (Å²) < 4.78 is 0. The van der Waals surface area contributed by atoms with Crippen LogP contribution in [0.15, 0.2) is 30.3 Å². The fraction of sp³-hybridized carbons (Fsp3) is 0.591. The van der Waals surface area contributed by atoms with Gasteiger partial charge < -0.3 is 26.8 Å². The number of ketones is 1. The van der Waals surface area contributed by atoms with Crippen LogP contribution in [-0.2, 0) is 14.4 Å². The van der Waals surface area contributed by atoms with E-state index in [1.54, 1.807) is 13.8 Å². The summed E-state index contributed by atoms with van der Waals surface area (Å²) in [7, 11) is 0. The van der Waals surface area contributed by atoms with Crippen molar-refractivity contribution in [3.05, 3.63) is 35.9 Å². The first kappa shape index (κ1) is 24.0. The second-order valence-corrected chi connectivity index (χ2v) is 8.20. The summed E-state index contributed by atoms with van der Waals surface area (Å²) in [5, 5.41) is 18.7. The molecule has 1 aliphatic rings. The lowest BCUT2D eigenvalue weighted by molar-refractivity contribution is -0.135. The van der Waals surface area contributed by atoms with Crippen molar-refractivity contribution in [2.75, 3.05) is 19.6 Å². The van der Waals surface area contributed by atoms with Gasteiger partial charge >= 0.3 is 0 Å². The van der Waals surface area contributed by atoms with E-state index in [-0.39, 0.29) is 36.0 Å². The summed E-state index contributed by atoms with van der Waals surface area (Å²) in [6, 6.07) is 7.83. The number of benzene rings is 1. The number of aliphatic hydroxyl groups is 1. The largest absolute Gasteiger partial charge is 0.391 e. The van der Waals surface area contributed by atoms with Gasteiger partial charge in [0.05, 0.1) is 18.1 Å². The Morgan fingerprint density at radius 2 is 1.80 bits per heavy atom. The fourth-order valence-electron chi connectivity index (χ4n) is 3.79. The van der Waals surface area contributed by atoms with Crippen molar-refractivity contribution in [1.82, 2.24) is 16.0 Å². The number of aliphatic hydroxyl groups excluding tert-OH is 1. The van der Waals surface area contributed by atoms with E-state index in [4.69, 9.17) is 5.73 Å². The quantitative estimate of drug-likeness (QED) is 0.361. The van der Waals surface area contributed by atoms with E-state index in [0.29, 0.717) is 19.5 Å². The molecule has 0 aromatic heterocycles. The number of nitrogens with one attached hydrogen (secondary N) is 3. The molecule has 0 bridgehead atoms. The van der Waals surface area contributed by atoms with Gasteiger partial charge in [-0.25, -0.2) is 0 Å². The van der Waals surface area contributed by atoms with Gasteiger partial charge in [0.25, 0.3) is 0 Å². The number of carbonyl (C=O) groups excluding carboxylic acids is 3. The van der Waals surface area contributed by atoms with Crippen LogP contribution in [0.4, 0.5) is 0 Å². The summed E-state index contributed by atoms with van der Waals surface area (Å²) in [5.74, 6) is -1.67. The van der Waals surface area contributed by atoms with Crippen molar-refractivity contribution < 1.29 is 19.5 Å². The second kappa shape index (κ2) is 11.2. The Hall–Kier alpha value is -2.29. The maximum absolute atomic E-state index is 13.0. The minimum absolute atomic E-state index is 0.0172. The molecule has 166 valence electrons. The summed E-state index contributed by atoms with van der Waals surface area (Å²) in [5.41, 5.74) is 6.63. The van der Waals surface area contributed by atoms with Gasteiger partial charge in [-0.05, 0) is 25.5 Å². The Balaban J connectivity index is 2.09. The van der Waals surface area contributed by atoms with Gasteiger partial charge in [-0.2, -0.15) is 0 Å². The monoisotopic (exact) mass is 418 g/mol. The highest BCUT2D eigenvalue weighted by atomic mass is 16.3. The molecular formula is C22H34N4O4. The fourth-order valence-corrected chi connectivity index (χ4v) is 3.79. The zero-order valence-electron chi connectivity index (χ0n) is 17.9. The summed E-state index contributed by atoms with van der Waals surface area (Å²) >= 11 is 0. The summed E-state index contributed by atoms with van der Waals surface area (Å²) in [4.78, 5) is 38.1. The van der Waals surface area contributed by atoms with Crippen molar-refractivity contribution in [1.29, 1.82) is 0 Å². The standard InChI is InChI=1S/C22H34N4O4/c1-13(2)20(28)18(9-10-23)25-22(30)19(14(3)27)26-21(29)17-12-24-11-16(17)15-7-5-4-6-8-15/h4-8,13-14,16-19,24,27H,9-12,23H2,1-3H3,(H,25,30)(H,26,29)/t14-,16+,17?,18-,19-/m0/s1. The van der Waals surface area contributed by atoms with Gasteiger partial charge in [-0.3, -0.25) is 14.4 Å². The van der Waals surface area contributed by atoms with E-state index in [2.05, 4.69) is 16.0 Å². The first-order chi connectivity index (χ1) is 14.3. The Labute approximate surface area is 178 Å². The molecule has 0 saturated carbocycles. The molecular weight excluding hydrogens is 384 g/mol. The van der Waals surface area contributed by atoms with E-state index in [1.165, 1.54) is 6.92 Å². The molecule has 1 aromatic carbocycles. The number of Topliss-reactive ketones (excluding diaryl/α,β-unsaturated/α-hetero) is 1. The van der Waals surface area contributed by atoms with Crippen LogP contribution < -0.4 is 21.7 Å². The van der Waals surface area contributed by atoms with Crippen LogP contribution in [0, 0.1) is 11.8 Å². The average Bonchev–Trinajstić information content (AvgIpc) is 3.21. The molecule has 0 spiro atoms. The number of hydrogen-bond acceptors (Lipinski definition) is 6. The van der Waals surface area contributed by atoms with Crippen LogP contribution in [-0.4, -0.2) is 60.5 Å². The highest BCUT2D eigenvalue weighted by Crippen LogP contribution is 2.28. The number of nitrogens with two attached hydrogens (primary N) is 1. The van der Waals surface area contributed by atoms with Crippen LogP contribution in [0.1, 0.15) is 38.7 Å². The van der Waals surface area contributed by atoms with Crippen molar-refractivity contribution in [2.24, 2.45) is 17.6 Å². The third-order valence-electron chi connectivity index (χ3n) is 5.53. The highest BCUT2D eigenvalue weighted by molar-refractivity contribution is 5.94. The number of rotatable bonds is 10. The molecule has 1 fully saturated rings. The maximum Gasteiger partial charge on any atom is 0.245 e. The van der Waals surface area contributed by atoms with Crippen LogP contribution in [0.5, 0.6) is 0 Å². The first-order valence-electron chi connectivity index (χ1n) is 10.5. The lowest BCUT2D eigenvalue weighted by Crippen LogP contribution is -2.57. The predicted molar refractivity (Wildman–Crippen MR) is 115 cm³/mol. The molecule has 5 atom stereocenters. The molecule has 1 aliphatic heterocycles. The van der Waals surface area contributed by atoms with Crippen LogP contribution in [0.2, 0.25) is 0 Å². The van der Waals surface area contributed by atoms with E-state index in [0.717, 1.165) is 5.56 Å². The summed E-state index contributed by atoms with van der Waals surface area (Å²) in [6.45, 7) is 6.33. The molecule has 1 heterocycles. The topological polar surface area (TPSA) is 134 Å². The van der Waals surface area contributed by atoms with Crippen LogP contribution in [0.25, 0.3) is 0 Å². The Kier molecular flexibility index (Phi) is 8.95. The average molecular weight is 419 g/mol. The smallest absolute Gasteiger partial charge is 0.245 e. The zero-order valence-corrected chi connectivity index (χ0v) is 17.9. The molecule has 2 amide bonds. The van der Waals surface area contributed by atoms with Crippen molar-refractivity contribution in [3.8, 4) is 0 Å². The molecule has 2 rings (SSSR count). The summed E-state index contributed by atoms with van der Waals surface area (Å²) in [6.07, 6.45) is -0.822. The van der Waals surface area contributed by atoms with Crippen molar-refractivity contribution in [3.63, 3.8) is 0 Å². The molecule has 1 unspecified atom stereocenters. The second-order valence-electron chi connectivity index (χ2n) is 8.20. The van der Waals surface area contributed by atoms with Gasteiger partial charge in [0.2, 0.25) is 11.8 Å². The molecule has 8 heteroatoms. The zero-order chi connectivity index (χ0) is 22.3. The normalized spacial score (nSPS) is 21.7. The van der Waals surface area contributed by atoms with Gasteiger partial charge in [0, 0.05) is 24.9 Å². The van der Waals surface area contributed by atoms with Crippen LogP contribution >= 0.6 is 0 Å². The van der Waals surface area contributed by atoms with E-state index in [9.17, 15) is 19.5 Å². The van der Waals surface area contributed by atoms with Gasteiger partial charge in [-0.1, -0.05) is 44.2 Å². The minimum atomic E-state index is -1.16. The lowest BCUT2D eigenvalue weighted by Gasteiger charge is -2.27. The van der Waals surface area contributed by atoms with Crippen molar-refractivity contribution in [2.45, 2.75) is 51.3 Å². The molecule has 0 radical (unpaired) electrons. The van der Waals surface area contributed by atoms with Crippen molar-refractivity contribution >= 4 is 17.6 Å². The lowest BCUT2D eigenvalue weighted by atomic mass is 9.88. The molecule has 1 saturated heterocycles. The first-order valence-corrected chi connectivity index (χ1v) is 10.5. The van der Waals surface area contributed by atoms with Gasteiger partial charge in [0.1, 0.15) is 6.04 Å². The van der Waals surface area contributed by atoms with Crippen LogP contribution in [0.3, 0.4) is 0 Å². The van der Waals surface area contributed by atoms with E-state index < -0.39 is 24.1 Å². The molecule has 1 aromatic rings. The molecule has 30 heavy (non-hydrogen) atoms. The maximum atomic E-state index is 13.0. The predicted octanol–water partition coefficient (Wildman–Crippen LogP) is -0.0861. The number of carbonyl (C=O) groups is 3. The van der Waals surface area contributed by atoms with Gasteiger partial charge in [0.15, 0.2) is 5.78 Å². The number of amides is 2. The van der Waals surface area contributed by atoms with E-state index >= 15 is 0 Å². The van der Waals surface area contributed by atoms with E-state index in [1.807, 2.05) is 30.3 Å². The Morgan fingerprint density at radius 1 is 1.13 bits per heavy atom. The SMILES string of the molecule is CC(C)C(=O)[C@H](CCN)NC(=O)[C@@H](NC(=O)C1CNC[C@@H]1c1ccccc1)[C@H](C)O. The molecule has 8 nitrogen and oxygen atoms in total. The third kappa shape index (κ3) is 6.10.